The summed E-state index contributed by atoms with van der Waals surface area (Å²) in [6, 6.07) is 4.01. The molecule has 2 aromatic rings. The van der Waals surface area contributed by atoms with Crippen LogP contribution in [0.2, 0.25) is 0 Å². The van der Waals surface area contributed by atoms with Gasteiger partial charge in [0, 0.05) is 6.20 Å². The van der Waals surface area contributed by atoms with Crippen molar-refractivity contribution in [3.63, 3.8) is 0 Å². The lowest BCUT2D eigenvalue weighted by Crippen LogP contribution is -2.14. The van der Waals surface area contributed by atoms with Crippen LogP contribution in [0.3, 0.4) is 0 Å². The average Bonchev–Trinajstić information content (AvgIpc) is 3.01. The van der Waals surface area contributed by atoms with Crippen molar-refractivity contribution >= 4 is 0 Å². The third kappa shape index (κ3) is 1.67. The molecule has 6 heteroatoms. The summed E-state index contributed by atoms with van der Waals surface area (Å²) in [5.41, 5.74) is 0.833. The fourth-order valence-corrected chi connectivity index (χ4v) is 1.85. The lowest BCUT2D eigenvalue weighted by molar-refractivity contribution is 0.602. The highest BCUT2D eigenvalue weighted by atomic mass is 15.6. The number of aromatic nitrogens is 5. The molecule has 0 amide bonds. The van der Waals surface area contributed by atoms with E-state index in [9.17, 15) is 0 Å². The molecule has 1 fully saturated rings. The second-order valence-corrected chi connectivity index (χ2v) is 3.80. The predicted octanol–water partition coefficient (Wildman–Crippen LogP) is 0.482. The van der Waals surface area contributed by atoms with Gasteiger partial charge in [0.1, 0.15) is 5.69 Å². The Kier molecular flexibility index (Phi) is 2.34. The number of hydrogen-bond donors (Lipinski definition) is 1. The van der Waals surface area contributed by atoms with Crippen LogP contribution < -0.4 is 5.32 Å². The fraction of sp³-hybridized carbons (Fsp3) is 0.400. The maximum atomic E-state index is 4.35. The zero-order valence-electron chi connectivity index (χ0n) is 8.74. The van der Waals surface area contributed by atoms with Gasteiger partial charge in [0.2, 0.25) is 0 Å². The summed E-state index contributed by atoms with van der Waals surface area (Å²) in [6.45, 7) is 1.03. The monoisotopic (exact) mass is 216 g/mol. The van der Waals surface area contributed by atoms with Crippen LogP contribution in [0, 0.1) is 0 Å². The zero-order chi connectivity index (χ0) is 10.8. The molecule has 2 aromatic heterocycles. The highest BCUT2D eigenvalue weighted by molar-refractivity contribution is 5.23. The van der Waals surface area contributed by atoms with Gasteiger partial charge in [-0.15, -0.1) is 15.0 Å². The Labute approximate surface area is 92.7 Å². The van der Waals surface area contributed by atoms with E-state index in [2.05, 4.69) is 25.7 Å². The van der Waals surface area contributed by atoms with Gasteiger partial charge in [0.05, 0.1) is 12.2 Å². The Hall–Kier alpha value is -1.82. The minimum absolute atomic E-state index is 0.255. The van der Waals surface area contributed by atoms with Gasteiger partial charge in [-0.3, -0.25) is 4.98 Å². The van der Waals surface area contributed by atoms with E-state index in [1.807, 2.05) is 12.1 Å². The molecule has 0 spiro atoms. The van der Waals surface area contributed by atoms with Crippen molar-refractivity contribution in [3.8, 4) is 5.69 Å². The first kappa shape index (κ1) is 9.41. The van der Waals surface area contributed by atoms with Crippen LogP contribution in [0.25, 0.3) is 5.69 Å². The molecular weight excluding hydrogens is 204 g/mol. The molecule has 0 radical (unpaired) electrons. The first-order valence-corrected chi connectivity index (χ1v) is 5.37. The van der Waals surface area contributed by atoms with Crippen molar-refractivity contribution in [1.82, 2.24) is 30.5 Å². The second kappa shape index (κ2) is 3.97. The van der Waals surface area contributed by atoms with Crippen molar-refractivity contribution in [2.45, 2.75) is 18.9 Å². The first-order chi connectivity index (χ1) is 7.93. The van der Waals surface area contributed by atoms with Gasteiger partial charge in [-0.25, -0.2) is 0 Å². The summed E-state index contributed by atoms with van der Waals surface area (Å²) in [4.78, 5) is 5.54. The van der Waals surface area contributed by atoms with Gasteiger partial charge in [-0.1, -0.05) is 0 Å². The Balaban J connectivity index is 1.87. The molecule has 6 nitrogen and oxygen atoms in total. The van der Waals surface area contributed by atoms with E-state index in [4.69, 9.17) is 0 Å². The number of nitrogens with one attached hydrogen (secondary N) is 1. The lowest BCUT2D eigenvalue weighted by Gasteiger charge is -2.02. The average molecular weight is 216 g/mol. The topological polar surface area (TPSA) is 68.5 Å². The fourth-order valence-electron chi connectivity index (χ4n) is 1.85. The largest absolute Gasteiger partial charge is 0.307 e. The first-order valence-electron chi connectivity index (χ1n) is 5.37. The van der Waals surface area contributed by atoms with Crippen LogP contribution in [0.15, 0.2) is 24.5 Å². The van der Waals surface area contributed by atoms with E-state index in [1.165, 1.54) is 11.2 Å². The van der Waals surface area contributed by atoms with Crippen molar-refractivity contribution in [1.29, 1.82) is 0 Å². The molecule has 0 aromatic carbocycles. The Morgan fingerprint density at radius 1 is 1.44 bits per heavy atom. The Morgan fingerprint density at radius 2 is 2.44 bits per heavy atom. The smallest absolute Gasteiger partial charge is 0.192 e. The zero-order valence-corrected chi connectivity index (χ0v) is 8.74. The van der Waals surface area contributed by atoms with Crippen LogP contribution in [-0.4, -0.2) is 31.7 Å². The molecule has 3 heterocycles. The maximum absolute atomic E-state index is 4.35. The Bertz CT molecular complexity index is 459. The molecule has 0 saturated carbocycles. The van der Waals surface area contributed by atoms with E-state index < -0.39 is 0 Å². The van der Waals surface area contributed by atoms with E-state index >= 15 is 0 Å². The Morgan fingerprint density at radius 3 is 3.19 bits per heavy atom. The van der Waals surface area contributed by atoms with Crippen molar-refractivity contribution in [3.05, 3.63) is 30.4 Å². The van der Waals surface area contributed by atoms with Gasteiger partial charge in [-0.2, -0.15) is 0 Å². The summed E-state index contributed by atoms with van der Waals surface area (Å²) >= 11 is 0. The normalized spacial score (nSPS) is 20.1. The molecular formula is C10H12N6. The van der Waals surface area contributed by atoms with Crippen molar-refractivity contribution < 1.29 is 0 Å². The maximum Gasteiger partial charge on any atom is 0.192 e. The third-order valence-corrected chi connectivity index (χ3v) is 2.68. The highest BCUT2D eigenvalue weighted by Gasteiger charge is 2.20. The van der Waals surface area contributed by atoms with Crippen LogP contribution in [0.1, 0.15) is 24.7 Å². The van der Waals surface area contributed by atoms with Crippen LogP contribution in [0.4, 0.5) is 0 Å². The summed E-state index contributed by atoms with van der Waals surface area (Å²) in [7, 11) is 0. The lowest BCUT2D eigenvalue weighted by atomic mass is 10.2. The third-order valence-electron chi connectivity index (χ3n) is 2.68. The van der Waals surface area contributed by atoms with E-state index in [0.29, 0.717) is 0 Å². The molecule has 1 unspecified atom stereocenters. The number of rotatable bonds is 2. The molecule has 0 aliphatic carbocycles. The SMILES string of the molecule is c1cncc(-n2nnc(C3CCCN3)n2)c1. The summed E-state index contributed by atoms with van der Waals surface area (Å²) in [6.07, 6.45) is 5.69. The van der Waals surface area contributed by atoms with E-state index in [0.717, 1.165) is 24.5 Å². The number of pyridine rings is 1. The molecule has 1 aliphatic rings. The standard InChI is InChI=1S/C10H12N6/c1-3-8(7-11-5-1)16-14-10(13-15-16)9-4-2-6-12-9/h1,3,5,7,9,12H,2,4,6H2. The van der Waals surface area contributed by atoms with Gasteiger partial charge in [-0.05, 0) is 36.7 Å². The summed E-state index contributed by atoms with van der Waals surface area (Å²) in [5.74, 6) is 0.765. The second-order valence-electron chi connectivity index (χ2n) is 3.80. The van der Waals surface area contributed by atoms with Gasteiger partial charge in [0.25, 0.3) is 0 Å². The van der Waals surface area contributed by atoms with Crippen LogP contribution in [-0.2, 0) is 0 Å². The molecule has 3 rings (SSSR count). The quantitative estimate of drug-likeness (QED) is 0.790. The van der Waals surface area contributed by atoms with Gasteiger partial charge < -0.3 is 5.32 Å². The minimum atomic E-state index is 0.255. The molecule has 1 aliphatic heterocycles. The molecule has 1 atom stereocenters. The van der Waals surface area contributed by atoms with E-state index in [-0.39, 0.29) is 6.04 Å². The van der Waals surface area contributed by atoms with E-state index in [1.54, 1.807) is 12.4 Å². The number of tetrazole rings is 1. The predicted molar refractivity (Wildman–Crippen MR) is 56.9 cm³/mol. The highest BCUT2D eigenvalue weighted by Crippen LogP contribution is 2.18. The summed E-state index contributed by atoms with van der Waals surface area (Å²) in [5, 5.41) is 15.8. The number of hydrogen-bond acceptors (Lipinski definition) is 5. The molecule has 82 valence electrons. The van der Waals surface area contributed by atoms with Crippen LogP contribution in [0.5, 0.6) is 0 Å². The molecule has 16 heavy (non-hydrogen) atoms. The summed E-state index contributed by atoms with van der Waals surface area (Å²) < 4.78 is 0. The van der Waals surface area contributed by atoms with Crippen molar-refractivity contribution in [2.75, 3.05) is 6.54 Å². The number of nitrogens with zero attached hydrogens (tertiary/aromatic N) is 5. The van der Waals surface area contributed by atoms with Crippen molar-refractivity contribution in [2.24, 2.45) is 0 Å². The van der Waals surface area contributed by atoms with Crippen LogP contribution >= 0.6 is 0 Å². The molecule has 0 bridgehead atoms. The van der Waals surface area contributed by atoms with Gasteiger partial charge in [0.15, 0.2) is 5.82 Å². The molecule has 1 N–H and O–H groups in total. The minimum Gasteiger partial charge on any atom is -0.307 e. The molecule has 1 saturated heterocycles. The van der Waals surface area contributed by atoms with Gasteiger partial charge >= 0.3 is 0 Å².